The number of unbranched alkanes of at least 4 members (excludes halogenated alkanes) is 2. The Balaban J connectivity index is 3.46. The maximum atomic E-state index is 10.3. The lowest BCUT2D eigenvalue weighted by Crippen LogP contribution is -2.22. The van der Waals surface area contributed by atoms with Crippen molar-refractivity contribution in [3.8, 4) is 0 Å². The lowest BCUT2D eigenvalue weighted by Gasteiger charge is -2.16. The van der Waals surface area contributed by atoms with Gasteiger partial charge in [0.2, 0.25) is 0 Å². The monoisotopic (exact) mass is 172 g/mol. The molecule has 0 bridgehead atoms. The normalized spacial score (nSPS) is 10.3. The van der Waals surface area contributed by atoms with E-state index in [9.17, 15) is 4.91 Å². The van der Waals surface area contributed by atoms with Crippen molar-refractivity contribution >= 4 is 0 Å². The lowest BCUT2D eigenvalue weighted by molar-refractivity contribution is 0.247. The highest BCUT2D eigenvalue weighted by atomic mass is 16.3. The van der Waals surface area contributed by atoms with E-state index in [4.69, 9.17) is 0 Å². The fourth-order valence-electron chi connectivity index (χ4n) is 1.13. The Kier molecular flexibility index (Phi) is 6.72. The topological polar surface area (TPSA) is 32.7 Å². The molecule has 0 atom stereocenters. The molecule has 0 amide bonds. The van der Waals surface area contributed by atoms with Crippen LogP contribution >= 0.6 is 0 Å². The van der Waals surface area contributed by atoms with Crippen LogP contribution < -0.4 is 0 Å². The molecule has 3 nitrogen and oxygen atoms in total. The summed E-state index contributed by atoms with van der Waals surface area (Å²) < 4.78 is 0. The summed E-state index contributed by atoms with van der Waals surface area (Å²) in [5.74, 6) is 0.518. The van der Waals surface area contributed by atoms with Gasteiger partial charge in [0.1, 0.15) is 0 Å². The van der Waals surface area contributed by atoms with Crippen LogP contribution in [0.25, 0.3) is 0 Å². The predicted molar refractivity (Wildman–Crippen MR) is 51.7 cm³/mol. The van der Waals surface area contributed by atoms with Gasteiger partial charge in [0.05, 0.1) is 5.29 Å². The van der Waals surface area contributed by atoms with E-state index in [2.05, 4.69) is 26.1 Å². The molecule has 0 unspecified atom stereocenters. The number of nitroso groups, excluding NO2 is 1. The molecular formula is C9H20N2O. The molecule has 0 heterocycles. The van der Waals surface area contributed by atoms with Gasteiger partial charge in [-0.25, -0.2) is 0 Å². The minimum absolute atomic E-state index is 0.518. The second kappa shape index (κ2) is 7.07. The molecule has 0 fully saturated rings. The van der Waals surface area contributed by atoms with Gasteiger partial charge < -0.3 is 0 Å². The number of hydrogen-bond donors (Lipinski definition) is 0. The Morgan fingerprint density at radius 2 is 2.00 bits per heavy atom. The Labute approximate surface area is 75.1 Å². The summed E-state index contributed by atoms with van der Waals surface area (Å²) in [5, 5.41) is 4.61. The number of hydrogen-bond acceptors (Lipinski definition) is 2. The molecule has 0 aromatic carbocycles. The predicted octanol–water partition coefficient (Wildman–Crippen LogP) is 2.82. The fraction of sp³-hybridized carbons (Fsp3) is 1.00. The summed E-state index contributed by atoms with van der Waals surface area (Å²) >= 11 is 0. The van der Waals surface area contributed by atoms with E-state index in [1.54, 1.807) is 5.01 Å². The van der Waals surface area contributed by atoms with Crippen LogP contribution in [0.5, 0.6) is 0 Å². The number of rotatable bonds is 7. The van der Waals surface area contributed by atoms with Crippen LogP contribution in [0.1, 0.15) is 40.0 Å². The largest absolute Gasteiger partial charge is 0.261 e. The van der Waals surface area contributed by atoms with Gasteiger partial charge in [0.15, 0.2) is 0 Å². The van der Waals surface area contributed by atoms with Crippen molar-refractivity contribution in [1.29, 1.82) is 0 Å². The van der Waals surface area contributed by atoms with Crippen molar-refractivity contribution in [3.63, 3.8) is 0 Å². The minimum atomic E-state index is 0.518. The van der Waals surface area contributed by atoms with Crippen molar-refractivity contribution in [2.24, 2.45) is 11.2 Å². The fourth-order valence-corrected chi connectivity index (χ4v) is 1.13. The molecular weight excluding hydrogens is 152 g/mol. The van der Waals surface area contributed by atoms with E-state index in [1.807, 2.05) is 0 Å². The van der Waals surface area contributed by atoms with Crippen molar-refractivity contribution in [1.82, 2.24) is 5.01 Å². The SMILES string of the molecule is CCCCCN(CC(C)C)N=O. The zero-order valence-corrected chi connectivity index (χ0v) is 8.42. The van der Waals surface area contributed by atoms with Gasteiger partial charge in [0, 0.05) is 13.1 Å². The van der Waals surface area contributed by atoms with Gasteiger partial charge in [0.25, 0.3) is 0 Å². The Bertz CT molecular complexity index is 115. The van der Waals surface area contributed by atoms with Crippen molar-refractivity contribution in [2.45, 2.75) is 40.0 Å². The van der Waals surface area contributed by atoms with Crippen molar-refractivity contribution in [3.05, 3.63) is 4.91 Å². The molecule has 0 saturated heterocycles. The van der Waals surface area contributed by atoms with E-state index in [1.165, 1.54) is 12.8 Å². The second-order valence-corrected chi connectivity index (χ2v) is 3.60. The first-order valence-corrected chi connectivity index (χ1v) is 4.79. The Hall–Kier alpha value is -0.600. The van der Waals surface area contributed by atoms with Crippen LogP contribution in [0.15, 0.2) is 5.29 Å². The summed E-state index contributed by atoms with van der Waals surface area (Å²) in [6.45, 7) is 7.94. The Morgan fingerprint density at radius 1 is 1.33 bits per heavy atom. The third-order valence-corrected chi connectivity index (χ3v) is 1.71. The molecule has 0 rings (SSSR count). The average Bonchev–Trinajstić information content (AvgIpc) is 2.02. The molecule has 0 aliphatic rings. The maximum Gasteiger partial charge on any atom is 0.0524 e. The van der Waals surface area contributed by atoms with Crippen LogP contribution in [0.2, 0.25) is 0 Å². The molecule has 0 aliphatic carbocycles. The molecule has 0 aromatic rings. The van der Waals surface area contributed by atoms with Gasteiger partial charge in [-0.05, 0) is 12.3 Å². The maximum absolute atomic E-state index is 10.3. The zero-order valence-electron chi connectivity index (χ0n) is 8.42. The van der Waals surface area contributed by atoms with Gasteiger partial charge in [-0.15, -0.1) is 4.91 Å². The number of nitrogens with zero attached hydrogens (tertiary/aromatic N) is 2. The third-order valence-electron chi connectivity index (χ3n) is 1.71. The van der Waals surface area contributed by atoms with Crippen LogP contribution in [0.3, 0.4) is 0 Å². The molecule has 0 N–H and O–H groups in total. The van der Waals surface area contributed by atoms with Crippen LogP contribution in [0, 0.1) is 10.8 Å². The molecule has 0 saturated carbocycles. The summed E-state index contributed by atoms with van der Waals surface area (Å²) in [4.78, 5) is 10.3. The highest BCUT2D eigenvalue weighted by Gasteiger charge is 2.04. The van der Waals surface area contributed by atoms with Crippen molar-refractivity contribution < 1.29 is 0 Å². The van der Waals surface area contributed by atoms with E-state index < -0.39 is 0 Å². The summed E-state index contributed by atoms with van der Waals surface area (Å²) in [6, 6.07) is 0. The molecule has 72 valence electrons. The summed E-state index contributed by atoms with van der Waals surface area (Å²) in [5.41, 5.74) is 0. The molecule has 3 heteroatoms. The molecule has 0 radical (unpaired) electrons. The van der Waals surface area contributed by atoms with E-state index >= 15 is 0 Å². The van der Waals surface area contributed by atoms with Gasteiger partial charge >= 0.3 is 0 Å². The van der Waals surface area contributed by atoms with Gasteiger partial charge in [-0.1, -0.05) is 33.6 Å². The van der Waals surface area contributed by atoms with E-state index in [-0.39, 0.29) is 0 Å². The first-order valence-electron chi connectivity index (χ1n) is 4.79. The van der Waals surface area contributed by atoms with Crippen LogP contribution in [0.4, 0.5) is 0 Å². The Morgan fingerprint density at radius 3 is 2.42 bits per heavy atom. The van der Waals surface area contributed by atoms with E-state index in [0.29, 0.717) is 5.92 Å². The molecule has 12 heavy (non-hydrogen) atoms. The van der Waals surface area contributed by atoms with E-state index in [0.717, 1.165) is 19.5 Å². The molecule has 0 aliphatic heterocycles. The summed E-state index contributed by atoms with van der Waals surface area (Å²) in [7, 11) is 0. The smallest absolute Gasteiger partial charge is 0.0524 e. The van der Waals surface area contributed by atoms with Gasteiger partial charge in [-0.2, -0.15) is 0 Å². The zero-order chi connectivity index (χ0) is 9.40. The molecule has 0 aromatic heterocycles. The summed E-state index contributed by atoms with van der Waals surface area (Å²) in [6.07, 6.45) is 3.45. The highest BCUT2D eigenvalue weighted by molar-refractivity contribution is 4.54. The first kappa shape index (κ1) is 11.4. The second-order valence-electron chi connectivity index (χ2n) is 3.60. The van der Waals surface area contributed by atoms with Gasteiger partial charge in [-0.3, -0.25) is 5.01 Å². The highest BCUT2D eigenvalue weighted by Crippen LogP contribution is 2.02. The average molecular weight is 172 g/mol. The molecule has 0 spiro atoms. The lowest BCUT2D eigenvalue weighted by atomic mass is 10.2. The van der Waals surface area contributed by atoms with Crippen LogP contribution in [-0.2, 0) is 0 Å². The standard InChI is InChI=1S/C9H20N2O/c1-4-5-6-7-11(10-12)8-9(2)3/h9H,4-8H2,1-3H3. The third kappa shape index (κ3) is 6.13. The van der Waals surface area contributed by atoms with Crippen molar-refractivity contribution in [2.75, 3.05) is 13.1 Å². The minimum Gasteiger partial charge on any atom is -0.261 e. The first-order chi connectivity index (χ1) is 5.70. The quantitative estimate of drug-likeness (QED) is 0.336. The van der Waals surface area contributed by atoms with Crippen LogP contribution in [-0.4, -0.2) is 18.1 Å².